The van der Waals surface area contributed by atoms with Crippen LogP contribution in [0.5, 0.6) is 0 Å². The van der Waals surface area contributed by atoms with E-state index >= 15 is 0 Å². The molecule has 15 heavy (non-hydrogen) atoms. The summed E-state index contributed by atoms with van der Waals surface area (Å²) >= 11 is 3.41. The lowest BCUT2D eigenvalue weighted by Gasteiger charge is -2.04. The molecule has 0 saturated carbocycles. The summed E-state index contributed by atoms with van der Waals surface area (Å²) in [5.41, 5.74) is 0. The van der Waals surface area contributed by atoms with E-state index in [1.807, 2.05) is 12.1 Å². The smallest absolute Gasteiger partial charge is 0.140 e. The maximum atomic E-state index is 5.25. The van der Waals surface area contributed by atoms with E-state index in [1.165, 1.54) is 0 Å². The number of hydrogen-bond donors (Lipinski definition) is 1. The van der Waals surface area contributed by atoms with Gasteiger partial charge in [0.1, 0.15) is 5.76 Å². The fraction of sp³-hybridized carbons (Fsp3) is 0.500. The standard InChI is InChI=1S/C12H18BrNO/c1-10(2)9-14-7-4-3-5-12-11(13)6-8-15-12/h3,5-6,8,10,14H,4,7,9H2,1-2H3. The Morgan fingerprint density at radius 3 is 2.93 bits per heavy atom. The van der Waals surface area contributed by atoms with Gasteiger partial charge in [0.25, 0.3) is 0 Å². The highest BCUT2D eigenvalue weighted by Crippen LogP contribution is 2.18. The van der Waals surface area contributed by atoms with Crippen LogP contribution in [0.25, 0.3) is 6.08 Å². The van der Waals surface area contributed by atoms with Crippen molar-refractivity contribution >= 4 is 22.0 Å². The molecule has 1 aromatic rings. The van der Waals surface area contributed by atoms with Crippen molar-refractivity contribution < 1.29 is 4.42 Å². The van der Waals surface area contributed by atoms with Crippen molar-refractivity contribution in [3.63, 3.8) is 0 Å². The molecule has 1 heterocycles. The quantitative estimate of drug-likeness (QED) is 0.799. The Kier molecular flexibility index (Phi) is 5.73. The molecule has 0 amide bonds. The molecule has 0 aliphatic heterocycles. The molecular formula is C12H18BrNO. The maximum absolute atomic E-state index is 5.25. The fourth-order valence-corrected chi connectivity index (χ4v) is 1.52. The van der Waals surface area contributed by atoms with Crippen molar-refractivity contribution in [1.82, 2.24) is 5.32 Å². The lowest BCUT2D eigenvalue weighted by atomic mass is 10.2. The summed E-state index contributed by atoms with van der Waals surface area (Å²) in [5, 5.41) is 3.39. The van der Waals surface area contributed by atoms with Crippen LogP contribution in [0, 0.1) is 5.92 Å². The topological polar surface area (TPSA) is 25.2 Å². The Morgan fingerprint density at radius 2 is 2.33 bits per heavy atom. The molecule has 1 rings (SSSR count). The van der Waals surface area contributed by atoms with Gasteiger partial charge in [0.05, 0.1) is 10.7 Å². The number of furan rings is 1. The maximum Gasteiger partial charge on any atom is 0.140 e. The molecule has 0 fully saturated rings. The lowest BCUT2D eigenvalue weighted by Crippen LogP contribution is -2.20. The van der Waals surface area contributed by atoms with Gasteiger partial charge in [-0.05, 0) is 53.5 Å². The van der Waals surface area contributed by atoms with Gasteiger partial charge in [0.2, 0.25) is 0 Å². The monoisotopic (exact) mass is 271 g/mol. The second-order valence-electron chi connectivity index (χ2n) is 3.92. The first-order valence-electron chi connectivity index (χ1n) is 5.30. The summed E-state index contributed by atoms with van der Waals surface area (Å²) in [6.45, 7) is 6.52. The van der Waals surface area contributed by atoms with E-state index in [0.717, 1.165) is 29.7 Å². The van der Waals surface area contributed by atoms with E-state index in [2.05, 4.69) is 41.2 Å². The van der Waals surface area contributed by atoms with Gasteiger partial charge in [-0.3, -0.25) is 0 Å². The molecule has 84 valence electrons. The summed E-state index contributed by atoms with van der Waals surface area (Å²) < 4.78 is 6.26. The third-order valence-electron chi connectivity index (χ3n) is 1.95. The zero-order chi connectivity index (χ0) is 11.1. The normalized spacial score (nSPS) is 11.7. The van der Waals surface area contributed by atoms with E-state index in [9.17, 15) is 0 Å². The van der Waals surface area contributed by atoms with Crippen LogP contribution in [0.4, 0.5) is 0 Å². The van der Waals surface area contributed by atoms with Gasteiger partial charge in [-0.1, -0.05) is 19.9 Å². The molecular weight excluding hydrogens is 254 g/mol. The molecule has 0 radical (unpaired) electrons. The van der Waals surface area contributed by atoms with Crippen molar-refractivity contribution in [2.75, 3.05) is 13.1 Å². The Hall–Kier alpha value is -0.540. The average Bonchev–Trinajstić information content (AvgIpc) is 2.57. The van der Waals surface area contributed by atoms with Crippen LogP contribution in [0.3, 0.4) is 0 Å². The summed E-state index contributed by atoms with van der Waals surface area (Å²) in [7, 11) is 0. The average molecular weight is 272 g/mol. The first-order chi connectivity index (χ1) is 7.20. The SMILES string of the molecule is CC(C)CNCCC=Cc1occc1Br. The summed E-state index contributed by atoms with van der Waals surface area (Å²) in [5.74, 6) is 1.60. The van der Waals surface area contributed by atoms with Gasteiger partial charge in [0.15, 0.2) is 0 Å². The molecule has 0 saturated heterocycles. The predicted octanol–water partition coefficient (Wildman–Crippen LogP) is 3.69. The fourth-order valence-electron chi connectivity index (χ4n) is 1.19. The van der Waals surface area contributed by atoms with Crippen molar-refractivity contribution in [2.45, 2.75) is 20.3 Å². The van der Waals surface area contributed by atoms with Crippen LogP contribution < -0.4 is 5.32 Å². The number of halogens is 1. The minimum absolute atomic E-state index is 0.716. The van der Waals surface area contributed by atoms with Crippen molar-refractivity contribution in [1.29, 1.82) is 0 Å². The Morgan fingerprint density at radius 1 is 1.53 bits per heavy atom. The van der Waals surface area contributed by atoms with Crippen LogP contribution >= 0.6 is 15.9 Å². The molecule has 3 heteroatoms. The number of rotatable bonds is 6. The summed E-state index contributed by atoms with van der Waals surface area (Å²) in [6.07, 6.45) is 6.83. The molecule has 0 bridgehead atoms. The highest BCUT2D eigenvalue weighted by Gasteiger charge is 1.96. The van der Waals surface area contributed by atoms with E-state index in [0.29, 0.717) is 5.92 Å². The molecule has 0 aromatic carbocycles. The minimum Gasteiger partial charge on any atom is -0.464 e. The van der Waals surface area contributed by atoms with Crippen molar-refractivity contribution in [2.24, 2.45) is 5.92 Å². The molecule has 0 unspecified atom stereocenters. The summed E-state index contributed by atoms with van der Waals surface area (Å²) in [4.78, 5) is 0. The molecule has 0 aliphatic rings. The summed E-state index contributed by atoms with van der Waals surface area (Å²) in [6, 6.07) is 1.90. The first-order valence-corrected chi connectivity index (χ1v) is 6.09. The van der Waals surface area contributed by atoms with Gasteiger partial charge in [-0.15, -0.1) is 0 Å². The molecule has 0 atom stereocenters. The van der Waals surface area contributed by atoms with E-state index in [-0.39, 0.29) is 0 Å². The van der Waals surface area contributed by atoms with Gasteiger partial charge in [-0.2, -0.15) is 0 Å². The Labute approximate surface area is 99.9 Å². The molecule has 1 N–H and O–H groups in total. The molecule has 0 aliphatic carbocycles. The van der Waals surface area contributed by atoms with Crippen molar-refractivity contribution in [3.05, 3.63) is 28.6 Å². The van der Waals surface area contributed by atoms with Crippen LogP contribution in [0.15, 0.2) is 27.3 Å². The Balaban J connectivity index is 2.15. The predicted molar refractivity (Wildman–Crippen MR) is 67.8 cm³/mol. The van der Waals surface area contributed by atoms with Crippen LogP contribution in [-0.2, 0) is 0 Å². The van der Waals surface area contributed by atoms with Crippen LogP contribution in [0.1, 0.15) is 26.0 Å². The Bertz CT molecular complexity index is 304. The molecule has 2 nitrogen and oxygen atoms in total. The molecule has 0 spiro atoms. The zero-order valence-corrected chi connectivity index (χ0v) is 10.9. The van der Waals surface area contributed by atoms with Crippen LogP contribution in [0.2, 0.25) is 0 Å². The van der Waals surface area contributed by atoms with Crippen molar-refractivity contribution in [3.8, 4) is 0 Å². The minimum atomic E-state index is 0.716. The third kappa shape index (κ3) is 5.19. The highest BCUT2D eigenvalue weighted by molar-refractivity contribution is 9.10. The molecule has 1 aromatic heterocycles. The third-order valence-corrected chi connectivity index (χ3v) is 2.61. The van der Waals surface area contributed by atoms with Gasteiger partial charge in [-0.25, -0.2) is 0 Å². The number of nitrogens with one attached hydrogen (secondary N) is 1. The van der Waals surface area contributed by atoms with E-state index < -0.39 is 0 Å². The van der Waals surface area contributed by atoms with Gasteiger partial charge < -0.3 is 9.73 Å². The zero-order valence-electron chi connectivity index (χ0n) is 9.29. The van der Waals surface area contributed by atoms with Gasteiger partial charge >= 0.3 is 0 Å². The van der Waals surface area contributed by atoms with E-state index in [4.69, 9.17) is 4.42 Å². The van der Waals surface area contributed by atoms with Crippen LogP contribution in [-0.4, -0.2) is 13.1 Å². The van der Waals surface area contributed by atoms with Gasteiger partial charge in [0, 0.05) is 0 Å². The first kappa shape index (κ1) is 12.5. The largest absolute Gasteiger partial charge is 0.464 e. The number of hydrogen-bond acceptors (Lipinski definition) is 2. The second-order valence-corrected chi connectivity index (χ2v) is 4.78. The second kappa shape index (κ2) is 6.85. The highest BCUT2D eigenvalue weighted by atomic mass is 79.9. The lowest BCUT2D eigenvalue weighted by molar-refractivity contribution is 0.552. The van der Waals surface area contributed by atoms with E-state index in [1.54, 1.807) is 6.26 Å².